The van der Waals surface area contributed by atoms with Crippen LogP contribution in [0.25, 0.3) is 111 Å². The van der Waals surface area contributed by atoms with Crippen molar-refractivity contribution < 1.29 is 0 Å². The number of fused-ring (bicyclic) bond motifs is 6. The van der Waals surface area contributed by atoms with E-state index < -0.39 is 0 Å². The zero-order valence-electron chi connectivity index (χ0n) is 33.6. The highest BCUT2D eigenvalue weighted by molar-refractivity contribution is 6.11. The molecule has 0 unspecified atom stereocenters. The zero-order valence-corrected chi connectivity index (χ0v) is 33.6. The first-order valence-electron chi connectivity index (χ1n) is 20.9. The van der Waals surface area contributed by atoms with E-state index in [4.69, 9.17) is 15.0 Å². The molecule has 0 bridgehead atoms. The van der Waals surface area contributed by atoms with Gasteiger partial charge in [0.05, 0.1) is 22.1 Å². The lowest BCUT2D eigenvalue weighted by atomic mass is 10.0. The van der Waals surface area contributed by atoms with Gasteiger partial charge in [-0.2, -0.15) is 0 Å². The van der Waals surface area contributed by atoms with Gasteiger partial charge in [0, 0.05) is 49.6 Å². The van der Waals surface area contributed by atoms with E-state index in [0.717, 1.165) is 44.7 Å². The molecule has 0 radical (unpaired) electrons. The van der Waals surface area contributed by atoms with Crippen molar-refractivity contribution in [3.05, 3.63) is 224 Å². The zero-order chi connectivity index (χ0) is 41.0. The third kappa shape index (κ3) is 6.06. The highest BCUT2D eigenvalue weighted by Gasteiger charge is 2.17. The Morgan fingerprint density at radius 1 is 0.226 bits per heavy atom. The lowest BCUT2D eigenvalue weighted by Crippen LogP contribution is -2.00. The third-order valence-corrected chi connectivity index (χ3v) is 12.0. The normalized spacial score (nSPS) is 11.5. The van der Waals surface area contributed by atoms with Crippen LogP contribution < -0.4 is 0 Å². The summed E-state index contributed by atoms with van der Waals surface area (Å²) >= 11 is 0. The molecule has 0 saturated carbocycles. The Bertz CT molecular complexity index is 3550. The highest BCUT2D eigenvalue weighted by atomic mass is 15.0. The molecule has 3 heterocycles. The van der Waals surface area contributed by atoms with E-state index in [1.807, 2.05) is 60.7 Å². The first-order chi connectivity index (χ1) is 30.7. The van der Waals surface area contributed by atoms with E-state index in [9.17, 15) is 0 Å². The Kier molecular flexibility index (Phi) is 8.42. The molecule has 0 fully saturated rings. The lowest BCUT2D eigenvalue weighted by molar-refractivity contribution is 1.07. The minimum atomic E-state index is 0.635. The fourth-order valence-corrected chi connectivity index (χ4v) is 9.01. The maximum absolute atomic E-state index is 5.01. The maximum Gasteiger partial charge on any atom is 0.164 e. The number of benzene rings is 9. The van der Waals surface area contributed by atoms with E-state index in [-0.39, 0.29) is 0 Å². The molecule has 0 spiro atoms. The van der Waals surface area contributed by atoms with Gasteiger partial charge in [-0.05, 0) is 76.9 Å². The van der Waals surface area contributed by atoms with E-state index in [1.54, 1.807) is 0 Å². The van der Waals surface area contributed by atoms with Crippen LogP contribution in [0.15, 0.2) is 224 Å². The number of aromatic nitrogens is 5. The molecular formula is C57H37N5. The fourth-order valence-electron chi connectivity index (χ4n) is 9.01. The molecule has 0 atom stereocenters. The summed E-state index contributed by atoms with van der Waals surface area (Å²) in [6, 6.07) is 79.4. The van der Waals surface area contributed by atoms with Gasteiger partial charge in [0.25, 0.3) is 0 Å². The molecule has 5 heteroatoms. The summed E-state index contributed by atoms with van der Waals surface area (Å²) in [7, 11) is 0. The van der Waals surface area contributed by atoms with Crippen molar-refractivity contribution in [1.82, 2.24) is 24.1 Å². The van der Waals surface area contributed by atoms with Crippen LogP contribution >= 0.6 is 0 Å². The van der Waals surface area contributed by atoms with Gasteiger partial charge in [0.2, 0.25) is 0 Å². The summed E-state index contributed by atoms with van der Waals surface area (Å²) in [6.07, 6.45) is 0. The van der Waals surface area contributed by atoms with Gasteiger partial charge in [-0.15, -0.1) is 0 Å². The van der Waals surface area contributed by atoms with Gasteiger partial charge in [-0.1, -0.05) is 170 Å². The molecule has 62 heavy (non-hydrogen) atoms. The van der Waals surface area contributed by atoms with Crippen LogP contribution in [0.2, 0.25) is 0 Å². The molecule has 3 aromatic heterocycles. The number of hydrogen-bond acceptors (Lipinski definition) is 3. The van der Waals surface area contributed by atoms with E-state index in [1.165, 1.54) is 49.2 Å². The largest absolute Gasteiger partial charge is 0.309 e. The van der Waals surface area contributed by atoms with E-state index >= 15 is 0 Å². The van der Waals surface area contributed by atoms with Crippen LogP contribution in [0.1, 0.15) is 0 Å². The predicted molar refractivity (Wildman–Crippen MR) is 256 cm³/mol. The minimum Gasteiger partial charge on any atom is -0.309 e. The smallest absolute Gasteiger partial charge is 0.164 e. The number of hydrogen-bond donors (Lipinski definition) is 0. The molecule has 0 amide bonds. The Morgan fingerprint density at radius 2 is 0.597 bits per heavy atom. The summed E-state index contributed by atoms with van der Waals surface area (Å²) in [4.78, 5) is 14.9. The van der Waals surface area contributed by atoms with Gasteiger partial charge >= 0.3 is 0 Å². The van der Waals surface area contributed by atoms with Crippen LogP contribution in [0.5, 0.6) is 0 Å². The van der Waals surface area contributed by atoms with Crippen molar-refractivity contribution in [2.45, 2.75) is 0 Å². The molecule has 0 N–H and O–H groups in total. The van der Waals surface area contributed by atoms with Crippen molar-refractivity contribution in [3.63, 3.8) is 0 Å². The second-order valence-corrected chi connectivity index (χ2v) is 15.7. The van der Waals surface area contributed by atoms with Crippen LogP contribution in [0.3, 0.4) is 0 Å². The standard InChI is InChI=1S/C57H37N5/c1-4-15-39(16-5-1)55-58-56(40-17-6-2-7-18-40)60-57(59-55)44-20-14-19-41(35-44)43-30-34-50-48-24-11-13-26-52(48)62(54(50)37-43)46-31-27-38(28-32-46)42-29-33-49-47-23-10-12-25-51(47)61(53(49)36-42)45-21-8-3-9-22-45/h1-37H. The van der Waals surface area contributed by atoms with Gasteiger partial charge in [-0.3, -0.25) is 0 Å². The maximum atomic E-state index is 5.01. The first-order valence-corrected chi connectivity index (χ1v) is 20.9. The van der Waals surface area contributed by atoms with Gasteiger partial charge in [0.1, 0.15) is 0 Å². The molecular weight excluding hydrogens is 755 g/mol. The second-order valence-electron chi connectivity index (χ2n) is 15.7. The molecule has 5 nitrogen and oxygen atoms in total. The Morgan fingerprint density at radius 3 is 1.15 bits per heavy atom. The molecule has 0 aliphatic carbocycles. The average molecular weight is 792 g/mol. The summed E-state index contributed by atoms with van der Waals surface area (Å²) in [6.45, 7) is 0. The van der Waals surface area contributed by atoms with Gasteiger partial charge in [0.15, 0.2) is 17.5 Å². The quantitative estimate of drug-likeness (QED) is 0.162. The minimum absolute atomic E-state index is 0.635. The molecule has 12 rings (SSSR count). The summed E-state index contributed by atoms with van der Waals surface area (Å²) in [5.74, 6) is 1.93. The van der Waals surface area contributed by atoms with Crippen LogP contribution in [0.4, 0.5) is 0 Å². The van der Waals surface area contributed by atoms with Crippen molar-refractivity contribution in [1.29, 1.82) is 0 Å². The summed E-state index contributed by atoms with van der Waals surface area (Å²) < 4.78 is 4.77. The second kappa shape index (κ2) is 14.7. The van der Waals surface area contributed by atoms with Crippen molar-refractivity contribution >= 4 is 43.6 Å². The molecule has 290 valence electrons. The Labute approximate surface area is 358 Å². The van der Waals surface area contributed by atoms with Crippen molar-refractivity contribution in [2.24, 2.45) is 0 Å². The molecule has 12 aromatic rings. The van der Waals surface area contributed by atoms with Gasteiger partial charge < -0.3 is 9.13 Å². The first kappa shape index (κ1) is 35.5. The monoisotopic (exact) mass is 791 g/mol. The van der Waals surface area contributed by atoms with E-state index in [0.29, 0.717) is 17.5 Å². The van der Waals surface area contributed by atoms with E-state index in [2.05, 4.69) is 173 Å². The Balaban J connectivity index is 0.945. The number of para-hydroxylation sites is 3. The predicted octanol–water partition coefficient (Wildman–Crippen LogP) is 14.4. The summed E-state index contributed by atoms with van der Waals surface area (Å²) in [5.41, 5.74) is 14.4. The SMILES string of the molecule is c1ccc(-c2nc(-c3ccccc3)nc(-c3cccc(-c4ccc5c6ccccc6n(-c6ccc(-c7ccc8c9ccccc9n(-c9ccccc9)c8c7)cc6)c5c4)c3)n2)cc1. The molecule has 9 aromatic carbocycles. The van der Waals surface area contributed by atoms with Crippen LogP contribution in [-0.4, -0.2) is 24.1 Å². The van der Waals surface area contributed by atoms with Gasteiger partial charge in [-0.25, -0.2) is 15.0 Å². The third-order valence-electron chi connectivity index (χ3n) is 12.0. The lowest BCUT2D eigenvalue weighted by Gasteiger charge is -2.12. The van der Waals surface area contributed by atoms with Crippen LogP contribution in [0, 0.1) is 0 Å². The Hall–Kier alpha value is -8.41. The number of nitrogens with zero attached hydrogens (tertiary/aromatic N) is 5. The van der Waals surface area contributed by atoms with Crippen molar-refractivity contribution in [2.75, 3.05) is 0 Å². The average Bonchev–Trinajstić information content (AvgIpc) is 3.87. The van der Waals surface area contributed by atoms with Crippen molar-refractivity contribution in [3.8, 4) is 67.8 Å². The van der Waals surface area contributed by atoms with Crippen LogP contribution in [-0.2, 0) is 0 Å². The topological polar surface area (TPSA) is 48.5 Å². The fraction of sp³-hybridized carbons (Fsp3) is 0. The number of rotatable bonds is 7. The molecule has 0 aliphatic heterocycles. The summed E-state index contributed by atoms with van der Waals surface area (Å²) in [5, 5.41) is 4.93. The molecule has 0 aliphatic rings. The highest BCUT2D eigenvalue weighted by Crippen LogP contribution is 2.38. The molecule has 0 saturated heterocycles.